The summed E-state index contributed by atoms with van der Waals surface area (Å²) in [6.45, 7) is 1.68. The largest absolute Gasteiger partial charge is 0.497 e. The minimum Gasteiger partial charge on any atom is -0.497 e. The van der Waals surface area contributed by atoms with E-state index in [1.807, 2.05) is 6.92 Å². The minimum absolute atomic E-state index is 0.0987. The van der Waals surface area contributed by atoms with Crippen LogP contribution in [0.15, 0.2) is 71.6 Å². The first kappa shape index (κ1) is 24.9. The lowest BCUT2D eigenvalue weighted by Crippen LogP contribution is -2.40. The van der Waals surface area contributed by atoms with Crippen molar-refractivity contribution in [2.45, 2.75) is 18.4 Å². The fourth-order valence-corrected chi connectivity index (χ4v) is 4.70. The maximum atomic E-state index is 13.4. The molecule has 1 amide bonds. The average molecular weight is 485 g/mol. The summed E-state index contributed by atoms with van der Waals surface area (Å²) in [5.41, 5.74) is 2.06. The van der Waals surface area contributed by atoms with E-state index in [-0.39, 0.29) is 11.4 Å². The molecular weight excluding hydrogens is 456 g/mol. The molecule has 3 rings (SSSR count). The Labute approximate surface area is 200 Å². The number of carbonyl (C=O) groups is 1. The van der Waals surface area contributed by atoms with Crippen LogP contribution in [-0.4, -0.2) is 42.2 Å². The zero-order valence-electron chi connectivity index (χ0n) is 19.6. The van der Waals surface area contributed by atoms with E-state index >= 15 is 0 Å². The molecule has 1 N–H and O–H groups in total. The second-order valence-electron chi connectivity index (χ2n) is 7.49. The molecule has 0 radical (unpaired) electrons. The number of ether oxygens (including phenoxy) is 3. The molecule has 0 spiro atoms. The number of hydrogen-bond acceptors (Lipinski definition) is 6. The van der Waals surface area contributed by atoms with Gasteiger partial charge < -0.3 is 19.5 Å². The van der Waals surface area contributed by atoms with E-state index in [0.29, 0.717) is 22.9 Å². The predicted molar refractivity (Wildman–Crippen MR) is 130 cm³/mol. The Kier molecular flexibility index (Phi) is 8.01. The number of anilines is 1. The lowest BCUT2D eigenvalue weighted by molar-refractivity contribution is -0.119. The summed E-state index contributed by atoms with van der Waals surface area (Å²) in [5, 5.41) is 2.78. The smallest absolute Gasteiger partial charge is 0.264 e. The van der Waals surface area contributed by atoms with Gasteiger partial charge in [-0.15, -0.1) is 0 Å². The van der Waals surface area contributed by atoms with Crippen molar-refractivity contribution in [3.8, 4) is 17.2 Å². The molecule has 0 atom stereocenters. The van der Waals surface area contributed by atoms with Gasteiger partial charge in [0.2, 0.25) is 5.91 Å². The number of carbonyl (C=O) groups excluding carboxylic acids is 1. The summed E-state index contributed by atoms with van der Waals surface area (Å²) in [4.78, 5) is 12.9. The maximum Gasteiger partial charge on any atom is 0.264 e. The van der Waals surface area contributed by atoms with Crippen LogP contribution < -0.4 is 23.8 Å². The van der Waals surface area contributed by atoms with E-state index in [9.17, 15) is 13.2 Å². The van der Waals surface area contributed by atoms with Crippen molar-refractivity contribution in [1.29, 1.82) is 0 Å². The van der Waals surface area contributed by atoms with Gasteiger partial charge in [0.1, 0.15) is 12.3 Å². The van der Waals surface area contributed by atoms with Gasteiger partial charge in [0, 0.05) is 6.54 Å². The molecule has 0 heterocycles. The van der Waals surface area contributed by atoms with Gasteiger partial charge in [-0.2, -0.15) is 0 Å². The van der Waals surface area contributed by atoms with E-state index in [2.05, 4.69) is 5.32 Å². The number of aryl methyl sites for hydroxylation is 1. The lowest BCUT2D eigenvalue weighted by Gasteiger charge is -2.24. The normalized spacial score (nSPS) is 10.9. The molecule has 0 unspecified atom stereocenters. The number of methoxy groups -OCH3 is 3. The summed E-state index contributed by atoms with van der Waals surface area (Å²) < 4.78 is 43.7. The molecule has 0 aromatic heterocycles. The molecule has 34 heavy (non-hydrogen) atoms. The van der Waals surface area contributed by atoms with Gasteiger partial charge in [0.05, 0.1) is 31.9 Å². The molecule has 0 saturated heterocycles. The zero-order chi connectivity index (χ0) is 24.7. The zero-order valence-corrected chi connectivity index (χ0v) is 20.4. The first-order valence-electron chi connectivity index (χ1n) is 10.5. The standard InChI is InChI=1S/C25H28N2O6S/c1-18-5-12-22(13-6-18)34(29,30)27(20-8-10-21(31-2)11-9-20)17-25(28)26-16-19-7-14-23(32-3)24(15-19)33-4/h5-15H,16-17H2,1-4H3,(H,26,28). The molecular formula is C25H28N2O6S. The molecule has 8 nitrogen and oxygen atoms in total. The number of benzene rings is 3. The molecule has 9 heteroatoms. The van der Waals surface area contributed by atoms with Crippen molar-refractivity contribution < 1.29 is 27.4 Å². The Morgan fingerprint density at radius 1 is 0.853 bits per heavy atom. The third-order valence-corrected chi connectivity index (χ3v) is 6.98. The highest BCUT2D eigenvalue weighted by Crippen LogP contribution is 2.28. The van der Waals surface area contributed by atoms with Gasteiger partial charge in [-0.05, 0) is 61.0 Å². The maximum absolute atomic E-state index is 13.4. The van der Waals surface area contributed by atoms with Crippen LogP contribution in [-0.2, 0) is 21.4 Å². The predicted octanol–water partition coefficient (Wildman–Crippen LogP) is 3.53. The quantitative estimate of drug-likeness (QED) is 0.473. The van der Waals surface area contributed by atoms with Crippen molar-refractivity contribution in [2.24, 2.45) is 0 Å². The Balaban J connectivity index is 1.83. The Morgan fingerprint density at radius 3 is 2.09 bits per heavy atom. The first-order chi connectivity index (χ1) is 16.3. The Hall–Kier alpha value is -3.72. The number of hydrogen-bond donors (Lipinski definition) is 1. The molecule has 0 aliphatic heterocycles. The molecule has 0 aliphatic rings. The van der Waals surface area contributed by atoms with Crippen LogP contribution in [0.3, 0.4) is 0 Å². The summed E-state index contributed by atoms with van der Waals surface area (Å²) >= 11 is 0. The highest BCUT2D eigenvalue weighted by Gasteiger charge is 2.27. The van der Waals surface area contributed by atoms with Crippen LogP contribution in [0.2, 0.25) is 0 Å². The van der Waals surface area contributed by atoms with E-state index in [1.165, 1.54) is 26.4 Å². The van der Waals surface area contributed by atoms with Crippen LogP contribution in [0.5, 0.6) is 17.2 Å². The van der Waals surface area contributed by atoms with Crippen molar-refractivity contribution in [3.05, 3.63) is 77.9 Å². The molecule has 3 aromatic rings. The summed E-state index contributed by atoms with van der Waals surface area (Å²) in [6.07, 6.45) is 0. The summed E-state index contributed by atoms with van der Waals surface area (Å²) in [6, 6.07) is 18.3. The molecule has 0 aliphatic carbocycles. The van der Waals surface area contributed by atoms with Crippen LogP contribution in [0, 0.1) is 6.92 Å². The average Bonchev–Trinajstić information content (AvgIpc) is 2.86. The third kappa shape index (κ3) is 5.79. The van der Waals surface area contributed by atoms with Crippen molar-refractivity contribution in [3.63, 3.8) is 0 Å². The topological polar surface area (TPSA) is 94.2 Å². The molecule has 0 saturated carbocycles. The third-order valence-electron chi connectivity index (χ3n) is 5.19. The number of nitrogens with zero attached hydrogens (tertiary/aromatic N) is 1. The van der Waals surface area contributed by atoms with Gasteiger partial charge in [0.25, 0.3) is 10.0 Å². The highest BCUT2D eigenvalue weighted by atomic mass is 32.2. The molecule has 0 fully saturated rings. The van der Waals surface area contributed by atoms with Crippen LogP contribution in [0.25, 0.3) is 0 Å². The monoisotopic (exact) mass is 484 g/mol. The number of nitrogens with one attached hydrogen (secondary N) is 1. The summed E-state index contributed by atoms with van der Waals surface area (Å²) in [5.74, 6) is 1.24. The van der Waals surface area contributed by atoms with E-state index in [0.717, 1.165) is 15.4 Å². The fourth-order valence-electron chi connectivity index (χ4n) is 3.28. The number of sulfonamides is 1. The molecule has 3 aromatic carbocycles. The summed E-state index contributed by atoms with van der Waals surface area (Å²) in [7, 11) is 0.606. The first-order valence-corrected chi connectivity index (χ1v) is 11.9. The SMILES string of the molecule is COc1ccc(N(CC(=O)NCc2ccc(OC)c(OC)c2)S(=O)(=O)c2ccc(C)cc2)cc1. The fraction of sp³-hybridized carbons (Fsp3) is 0.240. The van der Waals surface area contributed by atoms with Crippen molar-refractivity contribution in [1.82, 2.24) is 5.32 Å². The van der Waals surface area contributed by atoms with Gasteiger partial charge in [0.15, 0.2) is 11.5 Å². The van der Waals surface area contributed by atoms with Crippen molar-refractivity contribution in [2.75, 3.05) is 32.2 Å². The van der Waals surface area contributed by atoms with Crippen LogP contribution in [0.1, 0.15) is 11.1 Å². The molecule has 180 valence electrons. The van der Waals surface area contributed by atoms with Crippen molar-refractivity contribution >= 4 is 21.6 Å². The van der Waals surface area contributed by atoms with Gasteiger partial charge in [-0.25, -0.2) is 8.42 Å². The highest BCUT2D eigenvalue weighted by molar-refractivity contribution is 7.92. The Bertz CT molecular complexity index is 1230. The van der Waals surface area contributed by atoms with Crippen LogP contribution in [0.4, 0.5) is 5.69 Å². The van der Waals surface area contributed by atoms with Crippen LogP contribution >= 0.6 is 0 Å². The molecule has 0 bridgehead atoms. The number of rotatable bonds is 10. The van der Waals surface area contributed by atoms with E-state index in [4.69, 9.17) is 14.2 Å². The Morgan fingerprint density at radius 2 is 1.50 bits per heavy atom. The minimum atomic E-state index is -3.99. The van der Waals surface area contributed by atoms with Gasteiger partial charge >= 0.3 is 0 Å². The lowest BCUT2D eigenvalue weighted by atomic mass is 10.2. The second kappa shape index (κ2) is 10.9. The van der Waals surface area contributed by atoms with E-state index in [1.54, 1.807) is 61.7 Å². The second-order valence-corrected chi connectivity index (χ2v) is 9.35. The number of amides is 1. The van der Waals surface area contributed by atoms with Gasteiger partial charge in [-0.1, -0.05) is 23.8 Å². The van der Waals surface area contributed by atoms with E-state index < -0.39 is 22.5 Å². The van der Waals surface area contributed by atoms with Gasteiger partial charge in [-0.3, -0.25) is 9.10 Å².